The molecule has 3 N–H and O–H groups in total. The van der Waals surface area contributed by atoms with Crippen LogP contribution in [0.3, 0.4) is 0 Å². The summed E-state index contributed by atoms with van der Waals surface area (Å²) in [5.74, 6) is 0.719. The van der Waals surface area contributed by atoms with Crippen LogP contribution in [0.25, 0.3) is 0 Å². The van der Waals surface area contributed by atoms with Crippen LogP contribution in [0.4, 0.5) is 0 Å². The van der Waals surface area contributed by atoms with Gasteiger partial charge in [0, 0.05) is 37.7 Å². The number of morpholine rings is 1. The third-order valence-corrected chi connectivity index (χ3v) is 4.42. The zero-order valence-electron chi connectivity index (χ0n) is 15.8. The lowest BCUT2D eigenvalue weighted by atomic mass is 10.1. The topological polar surface area (TPSA) is 69.1 Å². The van der Waals surface area contributed by atoms with E-state index in [2.05, 4.69) is 26.6 Å². The average Bonchev–Trinajstić information content (AvgIpc) is 2.60. The SMILES string of the molecule is CCNC(=NCC(C)(O)CN1CCOCC1)NCCc1cccc(Cl)c1. The van der Waals surface area contributed by atoms with Crippen LogP contribution in [0, 0.1) is 0 Å². The number of hydrogen-bond acceptors (Lipinski definition) is 4. The smallest absolute Gasteiger partial charge is 0.191 e. The molecule has 1 aliphatic rings. The molecule has 2 rings (SSSR count). The molecule has 0 amide bonds. The zero-order chi connectivity index (χ0) is 18.8. The highest BCUT2D eigenvalue weighted by molar-refractivity contribution is 6.30. The molecule has 26 heavy (non-hydrogen) atoms. The number of hydrogen-bond donors (Lipinski definition) is 3. The first-order valence-electron chi connectivity index (χ1n) is 9.27. The molecule has 0 spiro atoms. The number of nitrogens with one attached hydrogen (secondary N) is 2. The van der Waals surface area contributed by atoms with Crippen LogP contribution >= 0.6 is 11.6 Å². The molecule has 0 saturated carbocycles. The van der Waals surface area contributed by atoms with E-state index < -0.39 is 5.60 Å². The molecule has 1 heterocycles. The molecule has 0 bridgehead atoms. The minimum Gasteiger partial charge on any atom is -0.387 e. The summed E-state index contributed by atoms with van der Waals surface area (Å²) in [6.07, 6.45) is 0.856. The van der Waals surface area contributed by atoms with E-state index >= 15 is 0 Å². The fraction of sp³-hybridized carbons (Fsp3) is 0.632. The van der Waals surface area contributed by atoms with Crippen LogP contribution in [-0.4, -0.2) is 74.0 Å². The Morgan fingerprint density at radius 2 is 2.12 bits per heavy atom. The van der Waals surface area contributed by atoms with E-state index in [9.17, 15) is 5.11 Å². The first-order chi connectivity index (χ1) is 12.5. The first-order valence-corrected chi connectivity index (χ1v) is 9.65. The van der Waals surface area contributed by atoms with Gasteiger partial charge in [0.05, 0.1) is 25.4 Å². The largest absolute Gasteiger partial charge is 0.387 e. The summed E-state index contributed by atoms with van der Waals surface area (Å²) >= 11 is 6.02. The number of benzene rings is 1. The molecule has 0 radical (unpaired) electrons. The molecule has 1 unspecified atom stereocenters. The van der Waals surface area contributed by atoms with Crippen molar-refractivity contribution in [1.29, 1.82) is 0 Å². The van der Waals surface area contributed by atoms with Crippen molar-refractivity contribution in [2.24, 2.45) is 4.99 Å². The Kier molecular flexibility index (Phi) is 8.65. The third-order valence-electron chi connectivity index (χ3n) is 4.19. The summed E-state index contributed by atoms with van der Waals surface area (Å²) in [5.41, 5.74) is 0.312. The van der Waals surface area contributed by atoms with Crippen molar-refractivity contribution in [2.75, 3.05) is 52.5 Å². The Bertz CT molecular complexity index is 574. The molecule has 1 fully saturated rings. The molecule has 1 aliphatic heterocycles. The molecule has 1 aromatic carbocycles. The van der Waals surface area contributed by atoms with E-state index in [0.29, 0.717) is 13.1 Å². The lowest BCUT2D eigenvalue weighted by Crippen LogP contribution is -2.48. The number of aliphatic imine (C=N–C) groups is 1. The number of halogens is 1. The summed E-state index contributed by atoms with van der Waals surface area (Å²) < 4.78 is 5.35. The Labute approximate surface area is 161 Å². The number of guanidine groups is 1. The molecule has 0 aliphatic carbocycles. The monoisotopic (exact) mass is 382 g/mol. The molecule has 6 nitrogen and oxygen atoms in total. The standard InChI is InChI=1S/C19H31ClN4O2/c1-3-21-18(22-8-7-16-5-4-6-17(20)13-16)23-14-19(2,25)15-24-9-11-26-12-10-24/h4-6,13,25H,3,7-12,14-15H2,1-2H3,(H2,21,22,23). The predicted octanol–water partition coefficient (Wildman–Crippen LogP) is 1.52. The Morgan fingerprint density at radius 1 is 1.35 bits per heavy atom. The second-order valence-corrected chi connectivity index (χ2v) is 7.32. The van der Waals surface area contributed by atoms with Gasteiger partial charge in [-0.1, -0.05) is 23.7 Å². The Morgan fingerprint density at radius 3 is 2.81 bits per heavy atom. The number of nitrogens with zero attached hydrogens (tertiary/aromatic N) is 2. The van der Waals surface area contributed by atoms with Gasteiger partial charge in [0.15, 0.2) is 5.96 Å². The molecule has 1 saturated heterocycles. The van der Waals surface area contributed by atoms with Gasteiger partial charge in [-0.2, -0.15) is 0 Å². The van der Waals surface area contributed by atoms with Crippen LogP contribution in [0.2, 0.25) is 5.02 Å². The van der Waals surface area contributed by atoms with E-state index in [0.717, 1.165) is 56.8 Å². The van der Waals surface area contributed by atoms with E-state index in [1.54, 1.807) is 0 Å². The lowest BCUT2D eigenvalue weighted by molar-refractivity contribution is -0.0179. The van der Waals surface area contributed by atoms with E-state index in [4.69, 9.17) is 16.3 Å². The van der Waals surface area contributed by atoms with Crippen LogP contribution in [-0.2, 0) is 11.2 Å². The van der Waals surface area contributed by atoms with Crippen molar-refractivity contribution < 1.29 is 9.84 Å². The van der Waals surface area contributed by atoms with E-state index in [1.807, 2.05) is 32.0 Å². The fourth-order valence-corrected chi connectivity index (χ4v) is 3.11. The Balaban J connectivity index is 1.82. The van der Waals surface area contributed by atoms with Crippen LogP contribution in [0.15, 0.2) is 29.3 Å². The van der Waals surface area contributed by atoms with Crippen LogP contribution in [0.5, 0.6) is 0 Å². The predicted molar refractivity (Wildman–Crippen MR) is 107 cm³/mol. The van der Waals surface area contributed by atoms with Crippen molar-refractivity contribution in [3.8, 4) is 0 Å². The summed E-state index contributed by atoms with van der Waals surface area (Å²) in [6, 6.07) is 7.87. The first kappa shape index (κ1) is 21.0. The van der Waals surface area contributed by atoms with Gasteiger partial charge in [-0.15, -0.1) is 0 Å². The number of ether oxygens (including phenoxy) is 1. The molecule has 1 atom stereocenters. The molecular formula is C19H31ClN4O2. The maximum absolute atomic E-state index is 10.7. The molecule has 0 aromatic heterocycles. The van der Waals surface area contributed by atoms with Crippen LogP contribution < -0.4 is 10.6 Å². The van der Waals surface area contributed by atoms with Gasteiger partial charge in [-0.25, -0.2) is 0 Å². The maximum Gasteiger partial charge on any atom is 0.191 e. The molecule has 7 heteroatoms. The number of rotatable bonds is 8. The van der Waals surface area contributed by atoms with Crippen molar-refractivity contribution in [3.63, 3.8) is 0 Å². The highest BCUT2D eigenvalue weighted by atomic mass is 35.5. The minimum absolute atomic E-state index is 0.344. The van der Waals surface area contributed by atoms with Crippen molar-refractivity contribution in [3.05, 3.63) is 34.9 Å². The summed E-state index contributed by atoms with van der Waals surface area (Å²) in [7, 11) is 0. The van der Waals surface area contributed by atoms with Gasteiger partial charge in [0.1, 0.15) is 0 Å². The van der Waals surface area contributed by atoms with Crippen LogP contribution in [0.1, 0.15) is 19.4 Å². The van der Waals surface area contributed by atoms with Gasteiger partial charge >= 0.3 is 0 Å². The fourth-order valence-electron chi connectivity index (χ4n) is 2.90. The highest BCUT2D eigenvalue weighted by Crippen LogP contribution is 2.11. The third kappa shape index (κ3) is 7.91. The van der Waals surface area contributed by atoms with Crippen molar-refractivity contribution >= 4 is 17.6 Å². The molecule has 146 valence electrons. The quantitative estimate of drug-likeness (QED) is 0.470. The van der Waals surface area contributed by atoms with Crippen molar-refractivity contribution in [1.82, 2.24) is 15.5 Å². The zero-order valence-corrected chi connectivity index (χ0v) is 16.6. The lowest BCUT2D eigenvalue weighted by Gasteiger charge is -2.33. The van der Waals surface area contributed by atoms with Gasteiger partial charge in [0.25, 0.3) is 0 Å². The molecule has 1 aromatic rings. The number of β-amino-alcohol motifs (C(OH)–C–C–N with tert-alkyl or cyclic N) is 1. The second kappa shape index (κ2) is 10.7. The normalized spacial score (nSPS) is 18.4. The van der Waals surface area contributed by atoms with E-state index in [1.165, 1.54) is 5.56 Å². The number of aliphatic hydroxyl groups is 1. The van der Waals surface area contributed by atoms with Gasteiger partial charge in [-0.05, 0) is 38.0 Å². The summed E-state index contributed by atoms with van der Waals surface area (Å²) in [4.78, 5) is 6.78. The maximum atomic E-state index is 10.7. The average molecular weight is 383 g/mol. The van der Waals surface area contributed by atoms with Gasteiger partial charge in [0.2, 0.25) is 0 Å². The van der Waals surface area contributed by atoms with E-state index in [-0.39, 0.29) is 0 Å². The van der Waals surface area contributed by atoms with Crippen molar-refractivity contribution in [2.45, 2.75) is 25.9 Å². The summed E-state index contributed by atoms with van der Waals surface area (Å²) in [6.45, 7) is 9.50. The van der Waals surface area contributed by atoms with Gasteiger partial charge in [-0.3, -0.25) is 9.89 Å². The summed E-state index contributed by atoms with van der Waals surface area (Å²) in [5, 5.41) is 18.0. The Hall–Kier alpha value is -1.34. The second-order valence-electron chi connectivity index (χ2n) is 6.89. The highest BCUT2D eigenvalue weighted by Gasteiger charge is 2.25. The minimum atomic E-state index is -0.868. The molecular weight excluding hydrogens is 352 g/mol. The van der Waals surface area contributed by atoms with Gasteiger partial charge < -0.3 is 20.5 Å².